The number of rotatable bonds is 14. The van der Waals surface area contributed by atoms with E-state index in [-0.39, 0.29) is 61.1 Å². The molecule has 0 bridgehead atoms. The van der Waals surface area contributed by atoms with E-state index >= 15 is 0 Å². The number of hydrogen-bond donors (Lipinski definition) is 1. The number of nitrogens with one attached hydrogen (secondary N) is 1. The molecule has 2 aliphatic rings. The zero-order valence-corrected chi connectivity index (χ0v) is 31.6. The maximum atomic E-state index is 14.5. The fourth-order valence-corrected chi connectivity index (χ4v) is 7.97. The number of anilines is 2. The fraction of sp³-hybridized carbons (Fsp3) is 0.410. The van der Waals surface area contributed by atoms with Crippen LogP contribution in [0.1, 0.15) is 71.6 Å². The van der Waals surface area contributed by atoms with Gasteiger partial charge in [0.05, 0.1) is 34.0 Å². The molecule has 12 nitrogen and oxygen atoms in total. The van der Waals surface area contributed by atoms with Crippen molar-refractivity contribution in [3.8, 4) is 23.0 Å². The molecule has 6 rings (SSSR count). The van der Waals surface area contributed by atoms with Crippen LogP contribution in [0.3, 0.4) is 0 Å². The van der Waals surface area contributed by atoms with Gasteiger partial charge in [-0.1, -0.05) is 18.6 Å². The normalized spacial score (nSPS) is 15.9. The summed E-state index contributed by atoms with van der Waals surface area (Å²) in [5.74, 6) is -0.797. The Morgan fingerprint density at radius 3 is 2.07 bits per heavy atom. The summed E-state index contributed by atoms with van der Waals surface area (Å²) in [5, 5.41) is 2.50. The Kier molecular flexibility index (Phi) is 11.9. The molecule has 1 saturated heterocycles. The lowest BCUT2D eigenvalue weighted by molar-refractivity contribution is -0.0102. The predicted molar refractivity (Wildman–Crippen MR) is 200 cm³/mol. The van der Waals surface area contributed by atoms with Crippen molar-refractivity contribution in [3.05, 3.63) is 89.2 Å². The number of ether oxygens (including phenoxy) is 4. The number of carbonyl (C=O) groups excluding carboxylic acids is 1. The summed E-state index contributed by atoms with van der Waals surface area (Å²) in [7, 11) is 1.68. The van der Waals surface area contributed by atoms with Crippen LogP contribution in [-0.4, -0.2) is 76.0 Å². The number of hydrogen-bond acceptors (Lipinski definition) is 10. The maximum Gasteiger partial charge on any atom is 0.261 e. The molecule has 0 radical (unpaired) electrons. The van der Waals surface area contributed by atoms with Gasteiger partial charge in [-0.2, -0.15) is 4.31 Å². The number of alkyl halides is 2. The Morgan fingerprint density at radius 2 is 1.50 bits per heavy atom. The van der Waals surface area contributed by atoms with E-state index in [1.54, 1.807) is 47.4 Å². The molecular weight excluding hydrogens is 721 g/mol. The highest BCUT2D eigenvalue weighted by molar-refractivity contribution is 7.89. The molecule has 288 valence electrons. The first-order valence-corrected chi connectivity index (χ1v) is 19.2. The molecule has 0 spiro atoms. The Labute approximate surface area is 314 Å². The SMILES string of the molecule is COc1ccc(CN(Cc2ccc(OC)cc2OC)S(=O)(=O)c2cc(NC(=O)c3ccc(C4CCC4)nc3N3CCCC(F)(F)CC3)ccn2)c(OC)c1. The first-order valence-electron chi connectivity index (χ1n) is 17.8. The van der Waals surface area contributed by atoms with Gasteiger partial charge < -0.3 is 29.2 Å². The Hall–Kier alpha value is -5.02. The third-order valence-corrected chi connectivity index (χ3v) is 11.7. The van der Waals surface area contributed by atoms with Crippen molar-refractivity contribution in [2.45, 2.75) is 68.5 Å². The van der Waals surface area contributed by atoms with Gasteiger partial charge >= 0.3 is 0 Å². The fourth-order valence-electron chi connectivity index (χ4n) is 6.62. The van der Waals surface area contributed by atoms with E-state index in [0.717, 1.165) is 25.0 Å². The van der Waals surface area contributed by atoms with Gasteiger partial charge in [0.2, 0.25) is 5.92 Å². The van der Waals surface area contributed by atoms with Crippen molar-refractivity contribution in [2.75, 3.05) is 51.7 Å². The summed E-state index contributed by atoms with van der Waals surface area (Å²) in [5.41, 5.74) is 2.35. The van der Waals surface area contributed by atoms with Gasteiger partial charge in [-0.05, 0) is 49.6 Å². The van der Waals surface area contributed by atoms with Crippen molar-refractivity contribution in [1.29, 1.82) is 0 Å². The number of halogens is 2. The van der Waals surface area contributed by atoms with Crippen LogP contribution in [0.25, 0.3) is 0 Å². The van der Waals surface area contributed by atoms with Gasteiger partial charge in [-0.15, -0.1) is 0 Å². The number of pyridine rings is 2. The van der Waals surface area contributed by atoms with Crippen molar-refractivity contribution >= 4 is 27.4 Å². The summed E-state index contributed by atoms with van der Waals surface area (Å²) in [6.45, 7) is 0.169. The van der Waals surface area contributed by atoms with Crippen LogP contribution in [0.4, 0.5) is 20.3 Å². The molecule has 2 aromatic heterocycles. The van der Waals surface area contributed by atoms with Gasteiger partial charge in [0.1, 0.15) is 28.8 Å². The smallest absolute Gasteiger partial charge is 0.261 e. The van der Waals surface area contributed by atoms with Crippen LogP contribution in [0, 0.1) is 0 Å². The highest BCUT2D eigenvalue weighted by atomic mass is 32.2. The van der Waals surface area contributed by atoms with Crippen LogP contribution < -0.4 is 29.2 Å². The summed E-state index contributed by atoms with van der Waals surface area (Å²) >= 11 is 0. The molecule has 4 aromatic rings. The number of sulfonamides is 1. The molecule has 1 N–H and O–H groups in total. The van der Waals surface area contributed by atoms with Crippen LogP contribution in [0.5, 0.6) is 23.0 Å². The second-order valence-electron chi connectivity index (χ2n) is 13.4. The quantitative estimate of drug-likeness (QED) is 0.143. The number of methoxy groups -OCH3 is 4. The van der Waals surface area contributed by atoms with Gasteiger partial charge in [0, 0.05) is 91.8 Å². The molecule has 54 heavy (non-hydrogen) atoms. The van der Waals surface area contributed by atoms with Crippen molar-refractivity contribution in [3.63, 3.8) is 0 Å². The van der Waals surface area contributed by atoms with E-state index in [1.807, 2.05) is 6.07 Å². The van der Waals surface area contributed by atoms with Crippen LogP contribution in [-0.2, 0) is 23.1 Å². The van der Waals surface area contributed by atoms with Crippen molar-refractivity contribution < 1.29 is 40.9 Å². The molecule has 1 aliphatic carbocycles. The average Bonchev–Trinajstić information content (AvgIpc) is 3.33. The lowest BCUT2D eigenvalue weighted by Crippen LogP contribution is -2.31. The van der Waals surface area contributed by atoms with E-state index in [2.05, 4.69) is 10.3 Å². The highest BCUT2D eigenvalue weighted by Crippen LogP contribution is 2.38. The van der Waals surface area contributed by atoms with E-state index in [1.165, 1.54) is 51.1 Å². The molecule has 0 atom stereocenters. The van der Waals surface area contributed by atoms with Gasteiger partial charge in [0.25, 0.3) is 15.9 Å². The maximum absolute atomic E-state index is 14.5. The largest absolute Gasteiger partial charge is 0.497 e. The number of aromatic nitrogens is 2. The second kappa shape index (κ2) is 16.6. The Bertz CT molecular complexity index is 2020. The first-order chi connectivity index (χ1) is 25.9. The van der Waals surface area contributed by atoms with Gasteiger partial charge in [-0.3, -0.25) is 4.79 Å². The second-order valence-corrected chi connectivity index (χ2v) is 15.3. The molecule has 1 amide bonds. The minimum Gasteiger partial charge on any atom is -0.497 e. The number of benzene rings is 2. The molecule has 2 aromatic carbocycles. The lowest BCUT2D eigenvalue weighted by atomic mass is 9.82. The minimum absolute atomic E-state index is 0.0554. The molecule has 0 unspecified atom stereocenters. The zero-order chi connectivity index (χ0) is 38.5. The number of carbonyl (C=O) groups is 1. The molecule has 2 fully saturated rings. The average molecular weight is 766 g/mol. The Morgan fingerprint density at radius 1 is 0.852 bits per heavy atom. The predicted octanol–water partition coefficient (Wildman–Crippen LogP) is 7.05. The van der Waals surface area contributed by atoms with E-state index < -0.39 is 21.9 Å². The topological polar surface area (TPSA) is 132 Å². The van der Waals surface area contributed by atoms with Crippen LogP contribution >= 0.6 is 0 Å². The summed E-state index contributed by atoms with van der Waals surface area (Å²) in [6, 6.07) is 16.5. The first kappa shape index (κ1) is 38.7. The zero-order valence-electron chi connectivity index (χ0n) is 30.8. The van der Waals surface area contributed by atoms with Crippen LogP contribution in [0.2, 0.25) is 0 Å². The van der Waals surface area contributed by atoms with Gasteiger partial charge in [0.15, 0.2) is 5.03 Å². The molecule has 15 heteroatoms. The van der Waals surface area contributed by atoms with Crippen molar-refractivity contribution in [2.24, 2.45) is 0 Å². The molecule has 1 aliphatic heterocycles. The standard InChI is InChI=1S/C39H45F2N5O7S/c1-50-30-11-9-27(34(22-30)52-3)24-46(25-28-10-12-31(51-2)23-35(28)53-4)54(48,49)36-21-29(15-18-42-36)43-38(47)32-13-14-33(26-7-5-8-26)44-37(32)45-19-6-16-39(40,41)17-20-45/h9-15,18,21-23,26H,5-8,16-17,19-20,24-25H2,1-4H3,(H,42,43,47). The monoisotopic (exact) mass is 765 g/mol. The van der Waals surface area contributed by atoms with E-state index in [4.69, 9.17) is 23.9 Å². The highest BCUT2D eigenvalue weighted by Gasteiger charge is 2.34. The minimum atomic E-state index is -4.35. The van der Waals surface area contributed by atoms with Gasteiger partial charge in [-0.25, -0.2) is 27.2 Å². The lowest BCUT2D eigenvalue weighted by Gasteiger charge is -2.29. The number of amides is 1. The summed E-state index contributed by atoms with van der Waals surface area (Å²) in [6.07, 6.45) is 4.06. The molecular formula is C39H45F2N5O7S. The third-order valence-electron chi connectivity index (χ3n) is 9.96. The van der Waals surface area contributed by atoms with Crippen LogP contribution in [0.15, 0.2) is 71.9 Å². The summed E-state index contributed by atoms with van der Waals surface area (Å²) in [4.78, 5) is 24.8. The third kappa shape index (κ3) is 8.68. The number of nitrogens with zero attached hydrogens (tertiary/aromatic N) is 4. The molecule has 3 heterocycles. The van der Waals surface area contributed by atoms with E-state index in [0.29, 0.717) is 46.5 Å². The van der Waals surface area contributed by atoms with Crippen molar-refractivity contribution in [1.82, 2.24) is 14.3 Å². The molecule has 1 saturated carbocycles. The van der Waals surface area contributed by atoms with E-state index in [9.17, 15) is 22.0 Å². The Balaban J connectivity index is 1.32. The summed E-state index contributed by atoms with van der Waals surface area (Å²) < 4.78 is 80.8.